The van der Waals surface area contributed by atoms with E-state index in [1.54, 1.807) is 13.8 Å². The summed E-state index contributed by atoms with van der Waals surface area (Å²) in [7, 11) is 1.07. The number of rotatable bonds is 7. The number of carbonyl (C=O) groups excluding carboxylic acids is 2. The number of carbonyl (C=O) groups is 2. The number of aliphatic hydroxyl groups excluding tert-OH is 1. The molecule has 0 aliphatic heterocycles. The first-order valence-electron chi connectivity index (χ1n) is 6.57. The fraction of sp³-hybridized carbons (Fsp3) is 0.333. The van der Waals surface area contributed by atoms with E-state index in [9.17, 15) is 14.7 Å². The van der Waals surface area contributed by atoms with Crippen LogP contribution in [0.3, 0.4) is 0 Å². The third-order valence-corrected chi connectivity index (χ3v) is 2.86. The van der Waals surface area contributed by atoms with Gasteiger partial charge in [-0.15, -0.1) is 0 Å². The van der Waals surface area contributed by atoms with E-state index in [0.29, 0.717) is 19.0 Å². The van der Waals surface area contributed by atoms with Crippen LogP contribution in [0.15, 0.2) is 18.2 Å². The molecule has 0 aliphatic carbocycles. The van der Waals surface area contributed by atoms with Gasteiger partial charge in [-0.2, -0.15) is 0 Å². The number of halogens is 1. The molecule has 0 radical (unpaired) electrons. The van der Waals surface area contributed by atoms with Gasteiger partial charge in [-0.3, -0.25) is 4.79 Å². The third kappa shape index (κ3) is 4.39. The molecule has 0 saturated carbocycles. The van der Waals surface area contributed by atoms with E-state index in [1.165, 1.54) is 12.1 Å². The van der Waals surface area contributed by atoms with Crippen LogP contribution in [0.5, 0.6) is 11.5 Å². The van der Waals surface area contributed by atoms with Crippen molar-refractivity contribution in [3.8, 4) is 11.5 Å². The molecule has 0 unspecified atom stereocenters. The van der Waals surface area contributed by atoms with Crippen LogP contribution in [0.1, 0.15) is 19.4 Å². The Morgan fingerprint density at radius 1 is 1.18 bits per heavy atom. The maximum Gasteiger partial charge on any atom is 0.378 e. The van der Waals surface area contributed by atoms with Crippen LogP contribution in [0.2, 0.25) is 5.02 Å². The number of aliphatic hydroxyl groups is 1. The average molecular weight is 329 g/mol. The van der Waals surface area contributed by atoms with Gasteiger partial charge in [0.1, 0.15) is 17.3 Å². The van der Waals surface area contributed by atoms with Crippen LogP contribution in [-0.4, -0.2) is 37.2 Å². The summed E-state index contributed by atoms with van der Waals surface area (Å²) in [6.45, 7) is 4.31. The largest absolute Gasteiger partial charge is 0.507 e. The monoisotopic (exact) mass is 328 g/mol. The minimum atomic E-state index is -1.08. The molecule has 0 spiro atoms. The lowest BCUT2D eigenvalue weighted by Crippen LogP contribution is -2.13. The molecule has 7 heteroatoms. The first-order valence-corrected chi connectivity index (χ1v) is 6.94. The number of benzene rings is 1. The first-order chi connectivity index (χ1) is 10.4. The summed E-state index contributed by atoms with van der Waals surface area (Å²) in [5.41, 5.74) is 0.174. The van der Waals surface area contributed by atoms with Crippen molar-refractivity contribution < 1.29 is 28.9 Å². The quantitative estimate of drug-likeness (QED) is 0.359. The summed E-state index contributed by atoms with van der Waals surface area (Å²) >= 11 is 6.06. The van der Waals surface area contributed by atoms with Crippen LogP contribution in [0, 0.1) is 0 Å². The summed E-state index contributed by atoms with van der Waals surface area (Å²) in [5, 5.41) is 10.3. The molecule has 6 nitrogen and oxygen atoms in total. The molecule has 0 amide bonds. The maximum absolute atomic E-state index is 11.5. The Morgan fingerprint density at radius 3 is 2.32 bits per heavy atom. The number of methoxy groups -OCH3 is 1. The third-order valence-electron chi connectivity index (χ3n) is 2.56. The standard InChI is InChI=1S/C15H17ClO6/c1-4-21-13-8-14(22-5-2)10(16)6-9(13)11(17)7-12(18)15(19)20-3/h6-8,17H,4-5H2,1-3H3. The lowest BCUT2D eigenvalue weighted by atomic mass is 10.1. The first kappa shape index (κ1) is 17.8. The molecule has 0 atom stereocenters. The van der Waals surface area contributed by atoms with Crippen molar-refractivity contribution in [2.24, 2.45) is 0 Å². The topological polar surface area (TPSA) is 82.1 Å². The molecule has 22 heavy (non-hydrogen) atoms. The van der Waals surface area contributed by atoms with Gasteiger partial charge in [0, 0.05) is 12.1 Å². The van der Waals surface area contributed by atoms with Crippen LogP contribution in [-0.2, 0) is 14.3 Å². The van der Waals surface area contributed by atoms with Crippen molar-refractivity contribution in [1.82, 2.24) is 0 Å². The molecular weight excluding hydrogens is 312 g/mol. The molecule has 1 N–H and O–H groups in total. The fourth-order valence-corrected chi connectivity index (χ4v) is 1.86. The molecule has 0 saturated heterocycles. The number of ketones is 1. The summed E-state index contributed by atoms with van der Waals surface area (Å²) in [6.07, 6.45) is 0.750. The van der Waals surface area contributed by atoms with Gasteiger partial charge >= 0.3 is 5.97 Å². The Balaban J connectivity index is 3.26. The minimum absolute atomic E-state index is 0.174. The van der Waals surface area contributed by atoms with Crippen molar-refractivity contribution in [2.45, 2.75) is 13.8 Å². The molecule has 1 rings (SSSR count). The lowest BCUT2D eigenvalue weighted by molar-refractivity contribution is -0.149. The van der Waals surface area contributed by atoms with Crippen molar-refractivity contribution in [3.05, 3.63) is 28.8 Å². The zero-order chi connectivity index (χ0) is 16.7. The highest BCUT2D eigenvalue weighted by atomic mass is 35.5. The van der Waals surface area contributed by atoms with Gasteiger partial charge in [0.2, 0.25) is 0 Å². The van der Waals surface area contributed by atoms with Gasteiger partial charge in [-0.05, 0) is 19.9 Å². The second-order valence-electron chi connectivity index (χ2n) is 4.03. The molecule has 0 aromatic heterocycles. The van der Waals surface area contributed by atoms with Crippen LogP contribution >= 0.6 is 11.6 Å². The van der Waals surface area contributed by atoms with Crippen molar-refractivity contribution in [2.75, 3.05) is 20.3 Å². The SMILES string of the molecule is CCOc1cc(OCC)c(C(O)=CC(=O)C(=O)OC)cc1Cl. The molecule has 120 valence electrons. The van der Waals surface area contributed by atoms with Crippen LogP contribution in [0.4, 0.5) is 0 Å². The number of esters is 1. The number of hydrogen-bond acceptors (Lipinski definition) is 6. The second-order valence-corrected chi connectivity index (χ2v) is 4.44. The van der Waals surface area contributed by atoms with Gasteiger partial charge in [0.15, 0.2) is 0 Å². The fourth-order valence-electron chi connectivity index (χ4n) is 1.64. The molecule has 0 heterocycles. The Morgan fingerprint density at radius 2 is 1.77 bits per heavy atom. The maximum atomic E-state index is 11.5. The molecule has 1 aromatic carbocycles. The van der Waals surface area contributed by atoms with E-state index in [4.69, 9.17) is 21.1 Å². The average Bonchev–Trinajstić information content (AvgIpc) is 2.49. The Bertz CT molecular complexity index is 594. The van der Waals surface area contributed by atoms with E-state index in [2.05, 4.69) is 4.74 Å². The van der Waals surface area contributed by atoms with Crippen LogP contribution < -0.4 is 9.47 Å². The van der Waals surface area contributed by atoms with Gasteiger partial charge < -0.3 is 19.3 Å². The van der Waals surface area contributed by atoms with Crippen molar-refractivity contribution >= 4 is 29.1 Å². The molecular formula is C15H17ClO6. The highest BCUT2D eigenvalue weighted by Crippen LogP contribution is 2.35. The zero-order valence-corrected chi connectivity index (χ0v) is 13.3. The summed E-state index contributed by atoms with van der Waals surface area (Å²) in [6, 6.07) is 2.91. The predicted octanol–water partition coefficient (Wildman–Crippen LogP) is 2.78. The minimum Gasteiger partial charge on any atom is -0.507 e. The summed E-state index contributed by atoms with van der Waals surface area (Å²) in [4.78, 5) is 22.6. The highest BCUT2D eigenvalue weighted by Gasteiger charge is 2.17. The normalized spacial score (nSPS) is 11.0. The Labute approximate surface area is 133 Å². The van der Waals surface area contributed by atoms with E-state index < -0.39 is 17.5 Å². The van der Waals surface area contributed by atoms with E-state index in [-0.39, 0.29) is 16.3 Å². The molecule has 0 fully saturated rings. The second kappa shape index (κ2) is 8.29. The highest BCUT2D eigenvalue weighted by molar-refractivity contribution is 6.39. The van der Waals surface area contributed by atoms with E-state index in [0.717, 1.165) is 13.2 Å². The molecule has 0 bridgehead atoms. The summed E-state index contributed by atoms with van der Waals surface area (Å²) in [5.74, 6) is -1.86. The Hall–Kier alpha value is -2.21. The van der Waals surface area contributed by atoms with E-state index in [1.807, 2.05) is 0 Å². The summed E-state index contributed by atoms with van der Waals surface area (Å²) < 4.78 is 15.0. The van der Waals surface area contributed by atoms with Crippen molar-refractivity contribution in [3.63, 3.8) is 0 Å². The lowest BCUT2D eigenvalue weighted by Gasteiger charge is -2.13. The van der Waals surface area contributed by atoms with Gasteiger partial charge in [0.25, 0.3) is 5.78 Å². The predicted molar refractivity (Wildman–Crippen MR) is 81.4 cm³/mol. The molecule has 0 aliphatic rings. The van der Waals surface area contributed by atoms with Gasteiger partial charge in [-0.1, -0.05) is 11.6 Å². The Kier molecular flexibility index (Phi) is 6.72. The zero-order valence-electron chi connectivity index (χ0n) is 12.5. The number of hydrogen-bond donors (Lipinski definition) is 1. The van der Waals surface area contributed by atoms with Crippen LogP contribution in [0.25, 0.3) is 5.76 Å². The number of ether oxygens (including phenoxy) is 3. The smallest absolute Gasteiger partial charge is 0.378 e. The van der Waals surface area contributed by atoms with Crippen molar-refractivity contribution in [1.29, 1.82) is 0 Å². The van der Waals surface area contributed by atoms with Gasteiger partial charge in [-0.25, -0.2) is 4.79 Å². The van der Waals surface area contributed by atoms with Gasteiger partial charge in [0.05, 0.1) is 30.9 Å². The molecule has 1 aromatic rings. The van der Waals surface area contributed by atoms with E-state index >= 15 is 0 Å².